The summed E-state index contributed by atoms with van der Waals surface area (Å²) in [5.41, 5.74) is 4.29. The summed E-state index contributed by atoms with van der Waals surface area (Å²) in [6.07, 6.45) is 4.61. The number of carbonyl (C=O) groups is 1. The number of carbonyl (C=O) groups excluding carboxylic acids is 1. The molecule has 3 atom stereocenters. The van der Waals surface area contributed by atoms with Gasteiger partial charge in [-0.2, -0.15) is 11.8 Å². The lowest BCUT2D eigenvalue weighted by atomic mass is 9.73. The fourth-order valence-electron chi connectivity index (χ4n) is 4.54. The maximum absolute atomic E-state index is 11.2. The predicted molar refractivity (Wildman–Crippen MR) is 109 cm³/mol. The molecular formula is C21H30N2OS. The number of nitrogens with zero attached hydrogens (tertiary/aromatic N) is 1. The zero-order chi connectivity index (χ0) is 18.0. The average molecular weight is 359 g/mol. The number of aromatic amines is 1. The van der Waals surface area contributed by atoms with Crippen LogP contribution in [0.25, 0.3) is 10.9 Å². The summed E-state index contributed by atoms with van der Waals surface area (Å²) in [5, 5.41) is 1.47. The molecule has 2 aliphatic rings. The van der Waals surface area contributed by atoms with E-state index in [1.807, 2.05) is 13.8 Å². The van der Waals surface area contributed by atoms with Gasteiger partial charge in [0, 0.05) is 35.6 Å². The summed E-state index contributed by atoms with van der Waals surface area (Å²) in [4.78, 5) is 17.2. The van der Waals surface area contributed by atoms with E-state index in [1.165, 1.54) is 28.5 Å². The number of hydrogen-bond donors (Lipinski definition) is 1. The van der Waals surface area contributed by atoms with Crippen LogP contribution >= 0.6 is 11.8 Å². The van der Waals surface area contributed by atoms with Crippen molar-refractivity contribution in [2.24, 2.45) is 5.92 Å². The zero-order valence-corrected chi connectivity index (χ0v) is 16.7. The van der Waals surface area contributed by atoms with Crippen LogP contribution in [0.2, 0.25) is 0 Å². The van der Waals surface area contributed by atoms with E-state index in [1.54, 1.807) is 18.7 Å². The summed E-state index contributed by atoms with van der Waals surface area (Å²) in [5.74, 6) is 3.36. The first kappa shape index (κ1) is 18.5. The number of likely N-dealkylation sites (tertiary alicyclic amines) is 1. The lowest BCUT2D eigenvalue weighted by Gasteiger charge is -2.45. The van der Waals surface area contributed by atoms with Crippen molar-refractivity contribution in [2.75, 3.05) is 25.1 Å². The molecule has 4 heteroatoms. The molecule has 0 bridgehead atoms. The highest BCUT2D eigenvalue weighted by Gasteiger charge is 2.39. The number of thioether (sulfide) groups is 1. The van der Waals surface area contributed by atoms with Crippen molar-refractivity contribution in [3.63, 3.8) is 0 Å². The monoisotopic (exact) mass is 358 g/mol. The molecule has 4 rings (SSSR count). The van der Waals surface area contributed by atoms with Crippen LogP contribution in [0.1, 0.15) is 44.2 Å². The number of rotatable bonds is 4. The Labute approximate surface area is 155 Å². The van der Waals surface area contributed by atoms with Crippen LogP contribution in [-0.4, -0.2) is 46.8 Å². The van der Waals surface area contributed by atoms with Crippen LogP contribution < -0.4 is 0 Å². The number of fused-ring (bicyclic) bond motifs is 2. The first-order chi connectivity index (χ1) is 12.1. The number of hydrogen-bond acceptors (Lipinski definition) is 3. The second-order valence-corrected chi connectivity index (χ2v) is 8.25. The van der Waals surface area contributed by atoms with Gasteiger partial charge in [0.1, 0.15) is 5.78 Å². The predicted octanol–water partition coefficient (Wildman–Crippen LogP) is 4.48. The quantitative estimate of drug-likeness (QED) is 0.875. The summed E-state index contributed by atoms with van der Waals surface area (Å²) in [7, 11) is 2.28. The summed E-state index contributed by atoms with van der Waals surface area (Å²) >= 11 is 1.81. The Bertz CT molecular complexity index is 739. The van der Waals surface area contributed by atoms with Crippen molar-refractivity contribution in [3.8, 4) is 0 Å². The van der Waals surface area contributed by atoms with E-state index in [0.29, 0.717) is 23.6 Å². The molecule has 2 aromatic rings. The lowest BCUT2D eigenvalue weighted by Crippen LogP contribution is -2.48. The standard InChI is InChI=1S/C19H24N2OS.C2H6/c1-12(22)10-23-11-13-6-16-15-4-3-5-17-19(15)14(8-20-17)7-18(16)21(2)9-13;1-2/h3-5,8,13,16,18,20H,6-7,9-11H2,1-2H3;1-2H3. The van der Waals surface area contributed by atoms with Crippen molar-refractivity contribution in [2.45, 2.75) is 45.6 Å². The molecule has 3 unspecified atom stereocenters. The number of benzene rings is 1. The third kappa shape index (κ3) is 3.65. The number of nitrogens with one attached hydrogen (secondary N) is 1. The largest absolute Gasteiger partial charge is 0.361 e. The van der Waals surface area contributed by atoms with Crippen molar-refractivity contribution in [1.82, 2.24) is 9.88 Å². The molecule has 3 nitrogen and oxygen atoms in total. The van der Waals surface area contributed by atoms with Crippen molar-refractivity contribution < 1.29 is 4.79 Å². The molecular weight excluding hydrogens is 328 g/mol. The molecule has 0 spiro atoms. The van der Waals surface area contributed by atoms with E-state index in [9.17, 15) is 4.79 Å². The lowest BCUT2D eigenvalue weighted by molar-refractivity contribution is -0.114. The minimum Gasteiger partial charge on any atom is -0.361 e. The molecule has 1 N–H and O–H groups in total. The van der Waals surface area contributed by atoms with Crippen molar-refractivity contribution in [3.05, 3.63) is 35.5 Å². The third-order valence-electron chi connectivity index (χ3n) is 5.47. The number of piperidine rings is 1. The molecule has 0 amide bonds. The van der Waals surface area contributed by atoms with Gasteiger partial charge in [-0.3, -0.25) is 4.79 Å². The third-order valence-corrected chi connectivity index (χ3v) is 6.79. The maximum Gasteiger partial charge on any atom is 0.139 e. The molecule has 1 aromatic heterocycles. The maximum atomic E-state index is 11.2. The number of Topliss-reactive ketones (excluding diaryl/α,β-unsaturated/α-hetero) is 1. The summed E-state index contributed by atoms with van der Waals surface area (Å²) in [6.45, 7) is 6.84. The van der Waals surface area contributed by atoms with E-state index >= 15 is 0 Å². The van der Waals surface area contributed by atoms with Gasteiger partial charge in [-0.25, -0.2) is 0 Å². The van der Waals surface area contributed by atoms with Crippen LogP contribution in [0.15, 0.2) is 24.4 Å². The van der Waals surface area contributed by atoms with Gasteiger partial charge in [-0.1, -0.05) is 26.0 Å². The number of ketones is 1. The molecule has 136 valence electrons. The Morgan fingerprint density at radius 1 is 1.36 bits per heavy atom. The summed E-state index contributed by atoms with van der Waals surface area (Å²) in [6, 6.07) is 7.33. The molecule has 2 heterocycles. The van der Waals surface area contributed by atoms with Gasteiger partial charge in [0.25, 0.3) is 0 Å². The van der Waals surface area contributed by atoms with Gasteiger partial charge in [0.05, 0.1) is 5.75 Å². The highest BCUT2D eigenvalue weighted by Crippen LogP contribution is 2.44. The van der Waals surface area contributed by atoms with Crippen LogP contribution in [0, 0.1) is 5.92 Å². The minimum absolute atomic E-state index is 0.288. The zero-order valence-electron chi connectivity index (χ0n) is 15.8. The van der Waals surface area contributed by atoms with Gasteiger partial charge in [-0.05, 0) is 55.7 Å². The Hall–Kier alpha value is -1.26. The normalized spacial score (nSPS) is 25.2. The Balaban J connectivity index is 0.000000880. The van der Waals surface area contributed by atoms with Gasteiger partial charge in [0.2, 0.25) is 0 Å². The Kier molecular flexibility index (Phi) is 5.90. The molecule has 1 aliphatic carbocycles. The van der Waals surface area contributed by atoms with Gasteiger partial charge in [0.15, 0.2) is 0 Å². The number of H-pyrrole nitrogens is 1. The van der Waals surface area contributed by atoms with Crippen LogP contribution in [0.5, 0.6) is 0 Å². The van der Waals surface area contributed by atoms with Crippen molar-refractivity contribution >= 4 is 28.4 Å². The number of likely N-dealkylation sites (N-methyl/N-ethyl adjacent to an activating group) is 1. The fraction of sp³-hybridized carbons (Fsp3) is 0.571. The van der Waals surface area contributed by atoms with E-state index in [4.69, 9.17) is 0 Å². The Morgan fingerprint density at radius 2 is 2.16 bits per heavy atom. The summed E-state index contributed by atoms with van der Waals surface area (Å²) < 4.78 is 0. The molecule has 1 aliphatic heterocycles. The minimum atomic E-state index is 0.288. The van der Waals surface area contributed by atoms with Crippen LogP contribution in [0.4, 0.5) is 0 Å². The van der Waals surface area contributed by atoms with E-state index in [2.05, 4.69) is 41.3 Å². The molecule has 0 radical (unpaired) electrons. The highest BCUT2D eigenvalue weighted by molar-refractivity contribution is 7.99. The topological polar surface area (TPSA) is 36.1 Å². The first-order valence-electron chi connectivity index (χ1n) is 9.49. The highest BCUT2D eigenvalue weighted by atomic mass is 32.2. The average Bonchev–Trinajstić information content (AvgIpc) is 3.02. The molecule has 1 saturated heterocycles. The van der Waals surface area contributed by atoms with Crippen LogP contribution in [0.3, 0.4) is 0 Å². The second kappa shape index (κ2) is 7.96. The van der Waals surface area contributed by atoms with Gasteiger partial charge < -0.3 is 9.88 Å². The Morgan fingerprint density at radius 3 is 2.92 bits per heavy atom. The smallest absolute Gasteiger partial charge is 0.139 e. The molecule has 1 aromatic carbocycles. The van der Waals surface area contributed by atoms with Crippen molar-refractivity contribution in [1.29, 1.82) is 0 Å². The fourth-order valence-corrected chi connectivity index (χ4v) is 5.52. The second-order valence-electron chi connectivity index (χ2n) is 7.22. The molecule has 0 saturated carbocycles. The van der Waals surface area contributed by atoms with E-state index in [0.717, 1.165) is 18.7 Å². The number of aromatic nitrogens is 1. The molecule has 1 fully saturated rings. The van der Waals surface area contributed by atoms with E-state index < -0.39 is 0 Å². The molecule has 25 heavy (non-hydrogen) atoms. The van der Waals surface area contributed by atoms with Crippen LogP contribution in [-0.2, 0) is 11.2 Å². The van der Waals surface area contributed by atoms with E-state index in [-0.39, 0.29) is 5.78 Å². The SMILES string of the molecule is CC.CC(=O)CSCC1CC2c3cccc4[nH]cc(c34)CC2N(C)C1. The first-order valence-corrected chi connectivity index (χ1v) is 10.6. The van der Waals surface area contributed by atoms with Gasteiger partial charge >= 0.3 is 0 Å². The van der Waals surface area contributed by atoms with Gasteiger partial charge in [-0.15, -0.1) is 0 Å².